The highest BCUT2D eigenvalue weighted by atomic mass is 32.1. The van der Waals surface area contributed by atoms with Crippen LogP contribution in [-0.2, 0) is 4.74 Å². The topological polar surface area (TPSA) is 9.23 Å². The Morgan fingerprint density at radius 3 is 2.27 bits per heavy atom. The lowest BCUT2D eigenvalue weighted by molar-refractivity contribution is 0.0757. The van der Waals surface area contributed by atoms with Crippen molar-refractivity contribution < 1.29 is 4.74 Å². The van der Waals surface area contributed by atoms with E-state index in [0.717, 1.165) is 12.4 Å². The fraction of sp³-hybridized carbons (Fsp3) is 1.00. The standard InChI is InChI=1S/C9H20OS/c1-9(2)10-7-5-3-4-6-8-11/h9,11H,3-8H2,1-2H3. The Balaban J connectivity index is 2.80. The molecule has 0 unspecified atom stereocenters. The van der Waals surface area contributed by atoms with Crippen molar-refractivity contribution in [3.05, 3.63) is 0 Å². The molecule has 0 atom stereocenters. The zero-order valence-electron chi connectivity index (χ0n) is 7.68. The summed E-state index contributed by atoms with van der Waals surface area (Å²) in [7, 11) is 0. The van der Waals surface area contributed by atoms with Gasteiger partial charge in [0.15, 0.2) is 0 Å². The molecule has 0 rings (SSSR count). The van der Waals surface area contributed by atoms with Crippen molar-refractivity contribution in [1.82, 2.24) is 0 Å². The van der Waals surface area contributed by atoms with Gasteiger partial charge in [-0.15, -0.1) is 0 Å². The second kappa shape index (κ2) is 8.41. The van der Waals surface area contributed by atoms with Gasteiger partial charge in [-0.25, -0.2) is 0 Å². The van der Waals surface area contributed by atoms with E-state index in [1.165, 1.54) is 25.7 Å². The van der Waals surface area contributed by atoms with E-state index in [0.29, 0.717) is 6.10 Å². The Morgan fingerprint density at radius 1 is 1.09 bits per heavy atom. The van der Waals surface area contributed by atoms with E-state index in [1.54, 1.807) is 0 Å². The molecule has 0 aromatic rings. The summed E-state index contributed by atoms with van der Waals surface area (Å²) in [5.74, 6) is 1.02. The quantitative estimate of drug-likeness (QED) is 0.463. The van der Waals surface area contributed by atoms with Gasteiger partial charge in [0.25, 0.3) is 0 Å². The van der Waals surface area contributed by atoms with Crippen LogP contribution in [0.4, 0.5) is 0 Å². The molecule has 0 bridgehead atoms. The molecule has 0 aliphatic rings. The predicted molar refractivity (Wildman–Crippen MR) is 53.4 cm³/mol. The number of thiol groups is 1. The first-order chi connectivity index (χ1) is 5.27. The maximum Gasteiger partial charge on any atom is 0.0518 e. The summed E-state index contributed by atoms with van der Waals surface area (Å²) in [6.45, 7) is 5.08. The van der Waals surface area contributed by atoms with Crippen molar-refractivity contribution in [2.24, 2.45) is 0 Å². The summed E-state index contributed by atoms with van der Waals surface area (Å²) in [5, 5.41) is 0. The van der Waals surface area contributed by atoms with Gasteiger partial charge in [-0.1, -0.05) is 12.8 Å². The van der Waals surface area contributed by atoms with Crippen molar-refractivity contribution in [1.29, 1.82) is 0 Å². The van der Waals surface area contributed by atoms with Gasteiger partial charge in [-0.3, -0.25) is 0 Å². The van der Waals surface area contributed by atoms with Gasteiger partial charge in [0.2, 0.25) is 0 Å². The number of ether oxygens (including phenoxy) is 1. The summed E-state index contributed by atoms with van der Waals surface area (Å²) in [6, 6.07) is 0. The molecule has 0 saturated carbocycles. The first kappa shape index (κ1) is 11.3. The van der Waals surface area contributed by atoms with Crippen LogP contribution in [0, 0.1) is 0 Å². The van der Waals surface area contributed by atoms with Crippen LogP contribution in [0.1, 0.15) is 39.5 Å². The Morgan fingerprint density at radius 2 is 1.73 bits per heavy atom. The van der Waals surface area contributed by atoms with Gasteiger partial charge in [-0.05, 0) is 32.4 Å². The van der Waals surface area contributed by atoms with E-state index in [2.05, 4.69) is 26.5 Å². The number of hydrogen-bond donors (Lipinski definition) is 1. The van der Waals surface area contributed by atoms with Crippen LogP contribution in [0.5, 0.6) is 0 Å². The third-order valence-electron chi connectivity index (χ3n) is 1.50. The zero-order valence-corrected chi connectivity index (χ0v) is 8.57. The molecule has 0 saturated heterocycles. The second-order valence-corrected chi connectivity index (χ2v) is 3.50. The maximum absolute atomic E-state index is 5.40. The minimum atomic E-state index is 0.389. The van der Waals surface area contributed by atoms with Crippen molar-refractivity contribution in [2.75, 3.05) is 12.4 Å². The van der Waals surface area contributed by atoms with Crippen molar-refractivity contribution in [2.45, 2.75) is 45.6 Å². The normalized spacial score (nSPS) is 10.9. The van der Waals surface area contributed by atoms with Crippen LogP contribution in [0.2, 0.25) is 0 Å². The first-order valence-corrected chi connectivity index (χ1v) is 5.13. The fourth-order valence-electron chi connectivity index (χ4n) is 0.886. The third-order valence-corrected chi connectivity index (χ3v) is 1.82. The molecule has 0 fully saturated rings. The van der Waals surface area contributed by atoms with Crippen molar-refractivity contribution in [3.63, 3.8) is 0 Å². The van der Waals surface area contributed by atoms with E-state index in [9.17, 15) is 0 Å². The molecule has 0 amide bonds. The molecule has 11 heavy (non-hydrogen) atoms. The molecule has 1 nitrogen and oxygen atoms in total. The average molecular weight is 176 g/mol. The van der Waals surface area contributed by atoms with Gasteiger partial charge >= 0.3 is 0 Å². The third kappa shape index (κ3) is 10.3. The Hall–Kier alpha value is 0.310. The summed E-state index contributed by atoms with van der Waals surface area (Å²) in [4.78, 5) is 0. The maximum atomic E-state index is 5.40. The Bertz CT molecular complexity index is 74.0. The van der Waals surface area contributed by atoms with Crippen LogP contribution in [-0.4, -0.2) is 18.5 Å². The lowest BCUT2D eigenvalue weighted by Crippen LogP contribution is -2.03. The highest BCUT2D eigenvalue weighted by Crippen LogP contribution is 2.01. The SMILES string of the molecule is CC(C)OCCCCCCS. The minimum Gasteiger partial charge on any atom is -0.379 e. The molecule has 68 valence electrons. The Labute approximate surface area is 75.9 Å². The predicted octanol–water partition coefficient (Wildman–Crippen LogP) is 2.90. The zero-order chi connectivity index (χ0) is 8.53. The van der Waals surface area contributed by atoms with Crippen LogP contribution in [0.15, 0.2) is 0 Å². The van der Waals surface area contributed by atoms with E-state index < -0.39 is 0 Å². The van der Waals surface area contributed by atoms with Crippen molar-refractivity contribution in [3.8, 4) is 0 Å². The fourth-order valence-corrected chi connectivity index (χ4v) is 1.11. The average Bonchev–Trinajstić information content (AvgIpc) is 1.96. The number of rotatable bonds is 7. The monoisotopic (exact) mass is 176 g/mol. The lowest BCUT2D eigenvalue weighted by Gasteiger charge is -2.06. The number of unbranched alkanes of at least 4 members (excludes halogenated alkanes) is 3. The molecule has 0 radical (unpaired) electrons. The smallest absolute Gasteiger partial charge is 0.0518 e. The summed E-state index contributed by atoms with van der Waals surface area (Å²) in [5.41, 5.74) is 0. The van der Waals surface area contributed by atoms with Gasteiger partial charge < -0.3 is 4.74 Å². The first-order valence-electron chi connectivity index (χ1n) is 4.50. The van der Waals surface area contributed by atoms with Crippen LogP contribution in [0.3, 0.4) is 0 Å². The van der Waals surface area contributed by atoms with Gasteiger partial charge in [0, 0.05) is 6.61 Å². The molecule has 0 aliphatic heterocycles. The molecule has 0 aliphatic carbocycles. The molecular weight excluding hydrogens is 156 g/mol. The molecular formula is C9H20OS. The minimum absolute atomic E-state index is 0.389. The highest BCUT2D eigenvalue weighted by molar-refractivity contribution is 7.80. The summed E-state index contributed by atoms with van der Waals surface area (Å²) >= 11 is 4.15. The van der Waals surface area contributed by atoms with Crippen LogP contribution < -0.4 is 0 Å². The van der Waals surface area contributed by atoms with E-state index in [1.807, 2.05) is 0 Å². The second-order valence-electron chi connectivity index (χ2n) is 3.06. The molecule has 0 spiro atoms. The molecule has 0 N–H and O–H groups in total. The summed E-state index contributed by atoms with van der Waals surface area (Å²) in [6.07, 6.45) is 5.41. The van der Waals surface area contributed by atoms with E-state index in [4.69, 9.17) is 4.74 Å². The molecule has 0 aromatic carbocycles. The summed E-state index contributed by atoms with van der Waals surface area (Å²) < 4.78 is 5.40. The molecule has 2 heteroatoms. The van der Waals surface area contributed by atoms with Crippen LogP contribution >= 0.6 is 12.6 Å². The number of hydrogen-bond acceptors (Lipinski definition) is 2. The van der Waals surface area contributed by atoms with Crippen molar-refractivity contribution >= 4 is 12.6 Å². The Kier molecular flexibility index (Phi) is 8.64. The van der Waals surface area contributed by atoms with Gasteiger partial charge in [-0.2, -0.15) is 12.6 Å². The largest absolute Gasteiger partial charge is 0.379 e. The van der Waals surface area contributed by atoms with Crippen LogP contribution in [0.25, 0.3) is 0 Å². The molecule has 0 aromatic heterocycles. The lowest BCUT2D eigenvalue weighted by atomic mass is 10.2. The molecule has 0 heterocycles. The van der Waals surface area contributed by atoms with E-state index in [-0.39, 0.29) is 0 Å². The highest BCUT2D eigenvalue weighted by Gasteiger charge is 1.92. The van der Waals surface area contributed by atoms with Gasteiger partial charge in [0.1, 0.15) is 0 Å². The van der Waals surface area contributed by atoms with E-state index >= 15 is 0 Å². The van der Waals surface area contributed by atoms with Gasteiger partial charge in [0.05, 0.1) is 6.10 Å².